The third-order valence-electron chi connectivity index (χ3n) is 3.44. The summed E-state index contributed by atoms with van der Waals surface area (Å²) in [7, 11) is 0. The Morgan fingerprint density at radius 3 is 2.62 bits per heavy atom. The van der Waals surface area contributed by atoms with Gasteiger partial charge in [-0.2, -0.15) is 5.10 Å². The zero-order valence-electron chi connectivity index (χ0n) is 13.1. The van der Waals surface area contributed by atoms with E-state index in [9.17, 15) is 9.59 Å². The molecule has 7 nitrogen and oxygen atoms in total. The predicted molar refractivity (Wildman–Crippen MR) is 80.9 cm³/mol. The first-order chi connectivity index (χ1) is 10.0. The second kappa shape index (κ2) is 8.41. The van der Waals surface area contributed by atoms with Crippen LogP contribution < -0.4 is 11.1 Å². The Hall–Kier alpha value is -1.89. The van der Waals surface area contributed by atoms with Crippen molar-refractivity contribution in [1.29, 1.82) is 0 Å². The van der Waals surface area contributed by atoms with Crippen LogP contribution in [0.3, 0.4) is 0 Å². The van der Waals surface area contributed by atoms with E-state index in [0.29, 0.717) is 31.7 Å². The molecule has 21 heavy (non-hydrogen) atoms. The number of nitrogens with one attached hydrogen (secondary N) is 1. The first-order valence-corrected chi connectivity index (χ1v) is 7.33. The average molecular weight is 295 g/mol. The Morgan fingerprint density at radius 2 is 2.05 bits per heavy atom. The van der Waals surface area contributed by atoms with Gasteiger partial charge in [0.05, 0.1) is 18.3 Å². The van der Waals surface area contributed by atoms with Gasteiger partial charge in [-0.25, -0.2) is 0 Å². The molecule has 7 heteroatoms. The van der Waals surface area contributed by atoms with Crippen LogP contribution in [-0.2, 0) is 11.3 Å². The van der Waals surface area contributed by atoms with Crippen molar-refractivity contribution < 1.29 is 9.59 Å². The molecule has 0 saturated carbocycles. The van der Waals surface area contributed by atoms with Gasteiger partial charge >= 0.3 is 0 Å². The molecule has 1 aromatic heterocycles. The van der Waals surface area contributed by atoms with Crippen molar-refractivity contribution in [2.24, 2.45) is 5.73 Å². The maximum absolute atomic E-state index is 12.1. The number of likely N-dealkylation sites (N-methyl/N-ethyl adjacent to an activating group) is 1. The van der Waals surface area contributed by atoms with Gasteiger partial charge in [-0.3, -0.25) is 14.3 Å². The lowest BCUT2D eigenvalue weighted by Gasteiger charge is -2.18. The fourth-order valence-electron chi connectivity index (χ4n) is 2.08. The number of amides is 2. The molecule has 0 spiro atoms. The number of hydrogen-bond acceptors (Lipinski definition) is 4. The van der Waals surface area contributed by atoms with Gasteiger partial charge in [-0.15, -0.1) is 0 Å². The molecule has 0 unspecified atom stereocenters. The fraction of sp³-hybridized carbons (Fsp3) is 0.643. The monoisotopic (exact) mass is 295 g/mol. The zero-order chi connectivity index (χ0) is 15.8. The van der Waals surface area contributed by atoms with E-state index in [0.717, 1.165) is 12.1 Å². The first kappa shape index (κ1) is 17.2. The van der Waals surface area contributed by atoms with Crippen LogP contribution in [0.15, 0.2) is 6.20 Å². The van der Waals surface area contributed by atoms with Crippen molar-refractivity contribution in [2.45, 2.75) is 33.7 Å². The van der Waals surface area contributed by atoms with E-state index in [1.807, 2.05) is 20.8 Å². The summed E-state index contributed by atoms with van der Waals surface area (Å²) in [4.78, 5) is 25.6. The van der Waals surface area contributed by atoms with E-state index in [4.69, 9.17) is 5.73 Å². The molecule has 0 bridgehead atoms. The topological polar surface area (TPSA) is 93.2 Å². The number of hydrogen-bond donors (Lipinski definition) is 2. The van der Waals surface area contributed by atoms with E-state index < -0.39 is 0 Å². The molecule has 1 rings (SSSR count). The molecule has 3 N–H and O–H groups in total. The number of carbonyl (C=O) groups is 2. The summed E-state index contributed by atoms with van der Waals surface area (Å²) in [6.45, 7) is 8.22. The molecule has 0 aliphatic heterocycles. The minimum Gasteiger partial charge on any atom is -0.343 e. The Kier molecular flexibility index (Phi) is 6.87. The Morgan fingerprint density at radius 1 is 1.38 bits per heavy atom. The van der Waals surface area contributed by atoms with Crippen molar-refractivity contribution in [1.82, 2.24) is 20.0 Å². The lowest BCUT2D eigenvalue weighted by atomic mass is 10.2. The summed E-state index contributed by atoms with van der Waals surface area (Å²) < 4.78 is 1.76. The van der Waals surface area contributed by atoms with Crippen LogP contribution in [0.5, 0.6) is 0 Å². The summed E-state index contributed by atoms with van der Waals surface area (Å²) in [6.07, 6.45) is 2.34. The quantitative estimate of drug-likeness (QED) is 0.713. The summed E-state index contributed by atoms with van der Waals surface area (Å²) >= 11 is 0. The molecule has 0 aliphatic rings. The molecule has 0 fully saturated rings. The van der Waals surface area contributed by atoms with Crippen LogP contribution in [0.4, 0.5) is 0 Å². The summed E-state index contributed by atoms with van der Waals surface area (Å²) in [6, 6.07) is 0. The molecule has 0 radical (unpaired) electrons. The zero-order valence-corrected chi connectivity index (χ0v) is 13.1. The van der Waals surface area contributed by atoms with Crippen molar-refractivity contribution in [3.8, 4) is 0 Å². The van der Waals surface area contributed by atoms with Crippen molar-refractivity contribution in [3.05, 3.63) is 17.5 Å². The first-order valence-electron chi connectivity index (χ1n) is 7.33. The lowest BCUT2D eigenvalue weighted by Crippen LogP contribution is -2.40. The molecule has 0 aliphatic carbocycles. The summed E-state index contributed by atoms with van der Waals surface area (Å²) in [5.41, 5.74) is 6.75. The number of carbonyl (C=O) groups excluding carboxylic acids is 2. The summed E-state index contributed by atoms with van der Waals surface area (Å²) in [5.74, 6) is -0.353. The van der Waals surface area contributed by atoms with Gasteiger partial charge in [0.25, 0.3) is 5.91 Å². The number of nitrogens with zero attached hydrogens (tertiary/aromatic N) is 3. The molecule has 1 heterocycles. The molecule has 118 valence electrons. The van der Waals surface area contributed by atoms with Crippen LogP contribution in [0.1, 0.15) is 36.3 Å². The Labute approximate surface area is 125 Å². The van der Waals surface area contributed by atoms with Gasteiger partial charge in [-0.1, -0.05) is 0 Å². The van der Waals surface area contributed by atoms with Crippen LogP contribution in [0.2, 0.25) is 0 Å². The highest BCUT2D eigenvalue weighted by Crippen LogP contribution is 2.07. The van der Waals surface area contributed by atoms with E-state index in [-0.39, 0.29) is 18.4 Å². The molecule has 2 amide bonds. The summed E-state index contributed by atoms with van der Waals surface area (Å²) in [5, 5.41) is 6.82. The maximum atomic E-state index is 12.1. The highest BCUT2D eigenvalue weighted by Gasteiger charge is 2.16. The van der Waals surface area contributed by atoms with Crippen molar-refractivity contribution in [3.63, 3.8) is 0 Å². The highest BCUT2D eigenvalue weighted by atomic mass is 16.2. The van der Waals surface area contributed by atoms with E-state index in [2.05, 4.69) is 10.4 Å². The van der Waals surface area contributed by atoms with Crippen LogP contribution >= 0.6 is 0 Å². The largest absolute Gasteiger partial charge is 0.343 e. The average Bonchev–Trinajstić information content (AvgIpc) is 2.85. The van der Waals surface area contributed by atoms with Gasteiger partial charge in [0, 0.05) is 25.3 Å². The van der Waals surface area contributed by atoms with E-state index in [1.54, 1.807) is 9.58 Å². The van der Waals surface area contributed by atoms with Gasteiger partial charge < -0.3 is 16.0 Å². The standard InChI is InChI=1S/C14H25N5O2/c1-4-18(5-2)13(20)10-16-14(21)12-9-17-19(11(12)3)8-6-7-15/h9H,4-8,10,15H2,1-3H3,(H,16,21). The Bertz CT molecular complexity index is 480. The third kappa shape index (κ3) is 4.56. The predicted octanol–water partition coefficient (Wildman–Crippen LogP) is 0.139. The number of aromatic nitrogens is 2. The van der Waals surface area contributed by atoms with Crippen LogP contribution in [-0.4, -0.2) is 52.7 Å². The van der Waals surface area contributed by atoms with Crippen molar-refractivity contribution in [2.75, 3.05) is 26.2 Å². The lowest BCUT2D eigenvalue weighted by molar-refractivity contribution is -0.129. The molecular formula is C14H25N5O2. The maximum Gasteiger partial charge on any atom is 0.255 e. The highest BCUT2D eigenvalue weighted by molar-refractivity contribution is 5.97. The van der Waals surface area contributed by atoms with E-state index >= 15 is 0 Å². The normalized spacial score (nSPS) is 10.5. The Balaban J connectivity index is 2.60. The second-order valence-electron chi connectivity index (χ2n) is 4.76. The SMILES string of the molecule is CCN(CC)C(=O)CNC(=O)c1cnn(CCCN)c1C. The van der Waals surface area contributed by atoms with Gasteiger partial charge in [0.2, 0.25) is 5.91 Å². The van der Waals surface area contributed by atoms with Gasteiger partial charge in [-0.05, 0) is 33.7 Å². The number of rotatable bonds is 8. The van der Waals surface area contributed by atoms with E-state index in [1.165, 1.54) is 6.20 Å². The number of nitrogens with two attached hydrogens (primary N) is 1. The van der Waals surface area contributed by atoms with Crippen LogP contribution in [0.25, 0.3) is 0 Å². The minimum atomic E-state index is -0.271. The third-order valence-corrected chi connectivity index (χ3v) is 3.44. The number of aryl methyl sites for hydroxylation is 1. The molecule has 0 saturated heterocycles. The molecule has 0 atom stereocenters. The molecular weight excluding hydrogens is 270 g/mol. The minimum absolute atomic E-state index is 0.00787. The van der Waals surface area contributed by atoms with Crippen LogP contribution in [0, 0.1) is 6.92 Å². The van der Waals surface area contributed by atoms with Gasteiger partial charge in [0.15, 0.2) is 0 Å². The fourth-order valence-corrected chi connectivity index (χ4v) is 2.08. The smallest absolute Gasteiger partial charge is 0.255 e. The molecule has 0 aromatic carbocycles. The van der Waals surface area contributed by atoms with Crippen molar-refractivity contribution >= 4 is 11.8 Å². The second-order valence-corrected chi connectivity index (χ2v) is 4.76. The van der Waals surface area contributed by atoms with Gasteiger partial charge in [0.1, 0.15) is 0 Å². The molecule has 1 aromatic rings.